The van der Waals surface area contributed by atoms with E-state index < -0.39 is 11.5 Å². The van der Waals surface area contributed by atoms with Crippen molar-refractivity contribution in [2.75, 3.05) is 25.5 Å². The van der Waals surface area contributed by atoms with Crippen LogP contribution in [-0.2, 0) is 9.53 Å². The third-order valence-electron chi connectivity index (χ3n) is 3.71. The Balaban J connectivity index is 2.15. The van der Waals surface area contributed by atoms with E-state index in [1.807, 2.05) is 0 Å². The molecule has 2 amide bonds. The number of methoxy groups -OCH3 is 1. The third kappa shape index (κ3) is 3.34. The van der Waals surface area contributed by atoms with Gasteiger partial charge in [-0.25, -0.2) is 0 Å². The highest BCUT2D eigenvalue weighted by Gasteiger charge is 2.39. The Bertz CT molecular complexity index is 556. The molecule has 0 aromatic heterocycles. The normalized spacial score (nSPS) is 17.2. The summed E-state index contributed by atoms with van der Waals surface area (Å²) in [4.78, 5) is 23.6. The van der Waals surface area contributed by atoms with E-state index in [4.69, 9.17) is 22.1 Å². The first kappa shape index (κ1) is 15.8. The number of piperidine rings is 1. The van der Waals surface area contributed by atoms with Crippen molar-refractivity contribution < 1.29 is 14.3 Å². The molecule has 0 atom stereocenters. The number of anilines is 1. The predicted octanol–water partition coefficient (Wildman–Crippen LogP) is 1.15. The summed E-state index contributed by atoms with van der Waals surface area (Å²) in [5.41, 5.74) is 5.08. The third-order valence-corrected chi connectivity index (χ3v) is 4.02. The van der Waals surface area contributed by atoms with E-state index in [1.165, 1.54) is 19.2 Å². The number of hydrogen-bond donors (Lipinski definition) is 3. The van der Waals surface area contributed by atoms with Crippen molar-refractivity contribution >= 4 is 29.1 Å². The van der Waals surface area contributed by atoms with Crippen molar-refractivity contribution in [3.8, 4) is 0 Å². The molecule has 6 nitrogen and oxygen atoms in total. The molecule has 21 heavy (non-hydrogen) atoms. The number of benzene rings is 1. The Kier molecular flexibility index (Phi) is 4.82. The standard InChI is InChI=1S/C14H18ClN3O3/c1-21-14(4-6-17-7-5-14)13(20)18-9-2-3-10(12(16)19)11(15)8-9/h2-3,8,17H,4-7H2,1H3,(H2,16,19)(H,18,20). The highest BCUT2D eigenvalue weighted by atomic mass is 35.5. The second-order valence-corrected chi connectivity index (χ2v) is 5.37. The molecule has 1 aromatic rings. The van der Waals surface area contributed by atoms with Crippen molar-refractivity contribution in [1.82, 2.24) is 5.32 Å². The van der Waals surface area contributed by atoms with Crippen LogP contribution in [0, 0.1) is 0 Å². The van der Waals surface area contributed by atoms with Crippen molar-refractivity contribution in [3.05, 3.63) is 28.8 Å². The smallest absolute Gasteiger partial charge is 0.256 e. The van der Waals surface area contributed by atoms with Crippen LogP contribution >= 0.6 is 11.6 Å². The number of nitrogens with two attached hydrogens (primary N) is 1. The molecule has 2 rings (SSSR count). The van der Waals surface area contributed by atoms with Gasteiger partial charge < -0.3 is 21.1 Å². The molecule has 1 heterocycles. The molecular formula is C14H18ClN3O3. The summed E-state index contributed by atoms with van der Waals surface area (Å²) in [7, 11) is 1.54. The lowest BCUT2D eigenvalue weighted by Gasteiger charge is -2.34. The van der Waals surface area contributed by atoms with Gasteiger partial charge in [-0.3, -0.25) is 9.59 Å². The Hall–Kier alpha value is -1.63. The van der Waals surface area contributed by atoms with Crippen LogP contribution in [0.4, 0.5) is 5.69 Å². The summed E-state index contributed by atoms with van der Waals surface area (Å²) < 4.78 is 5.45. The van der Waals surface area contributed by atoms with Crippen molar-refractivity contribution in [2.45, 2.75) is 18.4 Å². The number of halogens is 1. The first-order valence-electron chi connectivity index (χ1n) is 6.65. The monoisotopic (exact) mass is 311 g/mol. The molecule has 0 unspecified atom stereocenters. The van der Waals surface area contributed by atoms with E-state index in [0.29, 0.717) is 18.5 Å². The average Bonchev–Trinajstić information content (AvgIpc) is 2.47. The number of carbonyl (C=O) groups excluding carboxylic acids is 2. The number of ether oxygens (including phenoxy) is 1. The van der Waals surface area contributed by atoms with Crippen LogP contribution in [0.5, 0.6) is 0 Å². The summed E-state index contributed by atoms with van der Waals surface area (Å²) in [6.45, 7) is 1.45. The second-order valence-electron chi connectivity index (χ2n) is 4.96. The van der Waals surface area contributed by atoms with Gasteiger partial charge in [0.15, 0.2) is 0 Å². The van der Waals surface area contributed by atoms with Crippen LogP contribution in [-0.4, -0.2) is 37.6 Å². The molecule has 0 saturated carbocycles. The first-order valence-corrected chi connectivity index (χ1v) is 7.03. The summed E-state index contributed by atoms with van der Waals surface area (Å²) >= 11 is 5.97. The number of carbonyl (C=O) groups is 2. The van der Waals surface area contributed by atoms with Crippen LogP contribution in [0.15, 0.2) is 18.2 Å². The van der Waals surface area contributed by atoms with Crippen LogP contribution in [0.1, 0.15) is 23.2 Å². The van der Waals surface area contributed by atoms with Gasteiger partial charge in [0.1, 0.15) is 5.60 Å². The quantitative estimate of drug-likeness (QED) is 0.777. The molecule has 0 radical (unpaired) electrons. The van der Waals surface area contributed by atoms with Gasteiger partial charge in [0.05, 0.1) is 10.6 Å². The summed E-state index contributed by atoms with van der Waals surface area (Å²) in [6.07, 6.45) is 1.20. The minimum atomic E-state index is -0.833. The summed E-state index contributed by atoms with van der Waals surface area (Å²) in [5.74, 6) is -0.820. The summed E-state index contributed by atoms with van der Waals surface area (Å²) in [5, 5.41) is 6.18. The average molecular weight is 312 g/mol. The molecule has 1 aliphatic rings. The maximum absolute atomic E-state index is 12.5. The Labute approximate surface area is 128 Å². The number of hydrogen-bond acceptors (Lipinski definition) is 4. The number of rotatable bonds is 4. The highest BCUT2D eigenvalue weighted by molar-refractivity contribution is 6.34. The zero-order valence-electron chi connectivity index (χ0n) is 11.7. The molecular weight excluding hydrogens is 294 g/mol. The van der Waals surface area contributed by atoms with Crippen LogP contribution < -0.4 is 16.4 Å². The van der Waals surface area contributed by atoms with E-state index in [2.05, 4.69) is 10.6 Å². The Morgan fingerprint density at radius 2 is 2.05 bits per heavy atom. The van der Waals surface area contributed by atoms with Gasteiger partial charge in [0, 0.05) is 12.8 Å². The van der Waals surface area contributed by atoms with E-state index in [0.717, 1.165) is 13.1 Å². The zero-order chi connectivity index (χ0) is 15.5. The van der Waals surface area contributed by atoms with Crippen molar-refractivity contribution in [1.29, 1.82) is 0 Å². The molecule has 114 valence electrons. The summed E-state index contributed by atoms with van der Waals surface area (Å²) in [6, 6.07) is 4.58. The molecule has 1 saturated heterocycles. The minimum absolute atomic E-state index is 0.206. The molecule has 7 heteroatoms. The van der Waals surface area contributed by atoms with Gasteiger partial charge in [-0.05, 0) is 44.1 Å². The van der Waals surface area contributed by atoms with Crippen LogP contribution in [0.3, 0.4) is 0 Å². The number of primary amides is 1. The maximum atomic E-state index is 12.5. The largest absolute Gasteiger partial charge is 0.368 e. The molecule has 0 spiro atoms. The lowest BCUT2D eigenvalue weighted by molar-refractivity contribution is -0.140. The SMILES string of the molecule is COC1(C(=O)Nc2ccc(C(N)=O)c(Cl)c2)CCNCC1. The Morgan fingerprint density at radius 1 is 1.38 bits per heavy atom. The van der Waals surface area contributed by atoms with Gasteiger partial charge in [0.2, 0.25) is 5.91 Å². The number of nitrogens with one attached hydrogen (secondary N) is 2. The first-order chi connectivity index (χ1) is 9.98. The van der Waals surface area contributed by atoms with Gasteiger partial charge in [-0.15, -0.1) is 0 Å². The van der Waals surface area contributed by atoms with Crippen molar-refractivity contribution in [2.24, 2.45) is 5.73 Å². The zero-order valence-corrected chi connectivity index (χ0v) is 12.5. The predicted molar refractivity (Wildman–Crippen MR) is 80.4 cm³/mol. The minimum Gasteiger partial charge on any atom is -0.368 e. The van der Waals surface area contributed by atoms with Gasteiger partial charge in [-0.2, -0.15) is 0 Å². The molecule has 1 aromatic carbocycles. The van der Waals surface area contributed by atoms with Crippen LogP contribution in [0.2, 0.25) is 5.02 Å². The highest BCUT2D eigenvalue weighted by Crippen LogP contribution is 2.26. The van der Waals surface area contributed by atoms with E-state index in [9.17, 15) is 9.59 Å². The fraction of sp³-hybridized carbons (Fsp3) is 0.429. The topological polar surface area (TPSA) is 93.4 Å². The fourth-order valence-corrected chi connectivity index (χ4v) is 2.67. The number of amides is 2. The Morgan fingerprint density at radius 3 is 2.57 bits per heavy atom. The van der Waals surface area contributed by atoms with Gasteiger partial charge in [-0.1, -0.05) is 11.6 Å². The van der Waals surface area contributed by atoms with Crippen molar-refractivity contribution in [3.63, 3.8) is 0 Å². The maximum Gasteiger partial charge on any atom is 0.256 e. The second kappa shape index (κ2) is 6.43. The lowest BCUT2D eigenvalue weighted by atomic mass is 9.91. The van der Waals surface area contributed by atoms with E-state index in [1.54, 1.807) is 6.07 Å². The van der Waals surface area contributed by atoms with Gasteiger partial charge in [0.25, 0.3) is 5.91 Å². The lowest BCUT2D eigenvalue weighted by Crippen LogP contribution is -2.51. The van der Waals surface area contributed by atoms with E-state index in [-0.39, 0.29) is 16.5 Å². The molecule has 0 bridgehead atoms. The van der Waals surface area contributed by atoms with E-state index >= 15 is 0 Å². The molecule has 0 aliphatic carbocycles. The molecule has 1 aliphatic heterocycles. The molecule has 4 N–H and O–H groups in total. The van der Waals surface area contributed by atoms with Gasteiger partial charge >= 0.3 is 0 Å². The fourth-order valence-electron chi connectivity index (χ4n) is 2.39. The van der Waals surface area contributed by atoms with Crippen LogP contribution in [0.25, 0.3) is 0 Å². The molecule has 1 fully saturated rings.